The number of hydrogen-bond donors (Lipinski definition) is 1. The summed E-state index contributed by atoms with van der Waals surface area (Å²) >= 11 is 1.46. The Kier molecular flexibility index (Phi) is 4.34. The highest BCUT2D eigenvalue weighted by Crippen LogP contribution is 2.56. The molecule has 2 atom stereocenters. The summed E-state index contributed by atoms with van der Waals surface area (Å²) in [6, 6.07) is 6.62. The Morgan fingerprint density at radius 1 is 1.36 bits per heavy atom. The SMILES string of the molecule is Cc1ccc2c(c1)[C@H]1C(=[S+]C(=O)C(C)C)SS[C@@H]1C(C)(C)N2. The summed E-state index contributed by atoms with van der Waals surface area (Å²) < 4.78 is 1.26. The Bertz CT molecular complexity index is 651. The van der Waals surface area contributed by atoms with E-state index in [4.69, 9.17) is 0 Å². The zero-order valence-electron chi connectivity index (χ0n) is 13.6. The fraction of sp³-hybridized carbons (Fsp3) is 0.529. The van der Waals surface area contributed by atoms with Crippen molar-refractivity contribution in [3.63, 3.8) is 0 Å². The molecule has 22 heavy (non-hydrogen) atoms. The Balaban J connectivity index is 2.09. The van der Waals surface area contributed by atoms with Gasteiger partial charge in [-0.15, -0.1) is 0 Å². The van der Waals surface area contributed by atoms with Crippen LogP contribution in [0.5, 0.6) is 0 Å². The molecule has 1 fully saturated rings. The molecule has 0 amide bonds. The number of benzene rings is 1. The van der Waals surface area contributed by atoms with Crippen molar-refractivity contribution in [2.45, 2.75) is 51.3 Å². The average Bonchev–Trinajstić information content (AvgIpc) is 2.84. The third kappa shape index (κ3) is 2.83. The third-order valence-corrected chi connectivity index (χ3v) is 9.15. The molecule has 0 unspecified atom stereocenters. The number of nitrogens with one attached hydrogen (secondary N) is 1. The predicted octanol–water partition coefficient (Wildman–Crippen LogP) is 4.44. The van der Waals surface area contributed by atoms with Gasteiger partial charge in [0.25, 0.3) is 15.5 Å². The van der Waals surface area contributed by atoms with Crippen LogP contribution in [0.1, 0.15) is 44.7 Å². The smallest absolute Gasteiger partial charge is 0.379 e. The summed E-state index contributed by atoms with van der Waals surface area (Å²) in [5.74, 6) is 0.419. The minimum atomic E-state index is 0.0216. The van der Waals surface area contributed by atoms with Crippen LogP contribution in [0.25, 0.3) is 0 Å². The number of aryl methyl sites for hydroxylation is 1. The van der Waals surface area contributed by atoms with Gasteiger partial charge in [0.2, 0.25) is 0 Å². The van der Waals surface area contributed by atoms with Crippen LogP contribution >= 0.6 is 21.6 Å². The minimum absolute atomic E-state index is 0.0216. The molecule has 3 rings (SSSR count). The lowest BCUT2D eigenvalue weighted by molar-refractivity contribution is -0.113. The highest BCUT2D eigenvalue weighted by atomic mass is 33.1. The molecule has 1 aromatic carbocycles. The van der Waals surface area contributed by atoms with Gasteiger partial charge in [-0.3, -0.25) is 0 Å². The number of carbonyl (C=O) groups is 1. The van der Waals surface area contributed by atoms with Gasteiger partial charge in [-0.05, 0) is 32.4 Å². The third-order valence-electron chi connectivity index (χ3n) is 4.17. The molecule has 2 aliphatic heterocycles. The summed E-state index contributed by atoms with van der Waals surface area (Å²) in [6.07, 6.45) is 0. The van der Waals surface area contributed by atoms with E-state index in [0.29, 0.717) is 11.2 Å². The lowest BCUT2D eigenvalue weighted by Crippen LogP contribution is -2.48. The molecule has 0 bridgehead atoms. The van der Waals surface area contributed by atoms with Crippen LogP contribution in [-0.4, -0.2) is 20.1 Å². The summed E-state index contributed by atoms with van der Waals surface area (Å²) in [5, 5.41) is 4.42. The number of rotatable bonds is 1. The first kappa shape index (κ1) is 16.3. The van der Waals surface area contributed by atoms with E-state index in [1.165, 1.54) is 32.4 Å². The van der Waals surface area contributed by atoms with Crippen molar-refractivity contribution in [3.8, 4) is 0 Å². The van der Waals surface area contributed by atoms with Crippen molar-refractivity contribution in [2.75, 3.05) is 5.32 Å². The molecule has 0 aliphatic carbocycles. The van der Waals surface area contributed by atoms with Crippen LogP contribution in [0, 0.1) is 12.8 Å². The molecule has 2 aliphatic rings. The predicted molar refractivity (Wildman–Crippen MR) is 103 cm³/mol. The van der Waals surface area contributed by atoms with Crippen molar-refractivity contribution in [2.24, 2.45) is 5.92 Å². The standard InChI is InChI=1S/C17H22NOS3/c1-9(2)15(19)20-16-13-11-8-10(3)6-7-12(11)18-17(4,5)14(13)21-22-16/h6-9,13-14,18H,1-5H3/q+1/t13-,14+/m1/s1. The number of fused-ring (bicyclic) bond motifs is 3. The van der Waals surface area contributed by atoms with Crippen molar-refractivity contribution < 1.29 is 4.79 Å². The largest absolute Gasteiger partial charge is 0.407 e. The van der Waals surface area contributed by atoms with Gasteiger partial charge in [-0.1, -0.05) is 42.3 Å². The molecule has 0 radical (unpaired) electrons. The van der Waals surface area contributed by atoms with Crippen LogP contribution in [0.3, 0.4) is 0 Å². The Hall–Kier alpha value is -0.520. The Morgan fingerprint density at radius 3 is 2.77 bits per heavy atom. The van der Waals surface area contributed by atoms with E-state index in [1.54, 1.807) is 10.8 Å². The molecule has 1 aromatic rings. The molecule has 5 heteroatoms. The first-order chi connectivity index (χ1) is 10.3. The van der Waals surface area contributed by atoms with E-state index >= 15 is 0 Å². The van der Waals surface area contributed by atoms with Gasteiger partial charge in [-0.25, -0.2) is 4.79 Å². The van der Waals surface area contributed by atoms with Crippen LogP contribution in [0.15, 0.2) is 18.2 Å². The van der Waals surface area contributed by atoms with Crippen molar-refractivity contribution in [3.05, 3.63) is 29.3 Å². The van der Waals surface area contributed by atoms with Crippen LogP contribution < -0.4 is 5.32 Å². The Morgan fingerprint density at radius 2 is 2.09 bits per heavy atom. The second-order valence-corrected chi connectivity index (χ2v) is 10.6. The lowest BCUT2D eigenvalue weighted by Gasteiger charge is -2.41. The van der Waals surface area contributed by atoms with Crippen molar-refractivity contribution in [1.29, 1.82) is 0 Å². The molecule has 2 nitrogen and oxygen atoms in total. The van der Waals surface area contributed by atoms with Gasteiger partial charge in [0.1, 0.15) is 0 Å². The maximum absolute atomic E-state index is 12.2. The lowest BCUT2D eigenvalue weighted by atomic mass is 9.80. The van der Waals surface area contributed by atoms with E-state index in [1.807, 2.05) is 24.6 Å². The first-order valence-corrected chi connectivity index (χ1v) is 10.6. The summed E-state index contributed by atoms with van der Waals surface area (Å²) in [7, 11) is 3.71. The quantitative estimate of drug-likeness (QED) is 0.459. The Labute approximate surface area is 144 Å². The maximum atomic E-state index is 12.2. The van der Waals surface area contributed by atoms with E-state index < -0.39 is 0 Å². The van der Waals surface area contributed by atoms with E-state index in [-0.39, 0.29) is 16.6 Å². The fourth-order valence-electron chi connectivity index (χ4n) is 2.93. The van der Waals surface area contributed by atoms with Crippen molar-refractivity contribution >= 4 is 47.9 Å². The van der Waals surface area contributed by atoms with Crippen LogP contribution in [0.2, 0.25) is 0 Å². The maximum Gasteiger partial charge on any atom is 0.407 e. The van der Waals surface area contributed by atoms with E-state index in [9.17, 15) is 4.79 Å². The van der Waals surface area contributed by atoms with Crippen LogP contribution in [0.4, 0.5) is 5.69 Å². The fourth-order valence-corrected chi connectivity index (χ4v) is 8.18. The van der Waals surface area contributed by atoms with Gasteiger partial charge in [-0.2, -0.15) is 0 Å². The molecule has 0 aromatic heterocycles. The topological polar surface area (TPSA) is 29.1 Å². The average molecular weight is 353 g/mol. The number of carbonyl (C=O) groups excluding carboxylic acids is 1. The van der Waals surface area contributed by atoms with Crippen molar-refractivity contribution in [1.82, 2.24) is 0 Å². The summed E-state index contributed by atoms with van der Waals surface area (Å²) in [4.78, 5) is 12.2. The summed E-state index contributed by atoms with van der Waals surface area (Å²) in [6.45, 7) is 10.6. The minimum Gasteiger partial charge on any atom is -0.379 e. The van der Waals surface area contributed by atoms with E-state index in [2.05, 4.69) is 44.3 Å². The molecular formula is C17H22NOS3+. The van der Waals surface area contributed by atoms with Gasteiger partial charge in [0, 0.05) is 22.0 Å². The zero-order chi connectivity index (χ0) is 16.1. The first-order valence-electron chi connectivity index (χ1n) is 7.60. The number of hydrogen-bond acceptors (Lipinski definition) is 4. The van der Waals surface area contributed by atoms with Gasteiger partial charge in [0.05, 0.1) is 17.1 Å². The monoisotopic (exact) mass is 352 g/mol. The summed E-state index contributed by atoms with van der Waals surface area (Å²) in [5.41, 5.74) is 3.87. The second-order valence-electron chi connectivity index (χ2n) is 6.91. The van der Waals surface area contributed by atoms with Crippen LogP contribution in [-0.2, 0) is 16.1 Å². The molecule has 118 valence electrons. The normalized spacial score (nSPS) is 27.5. The molecule has 0 saturated carbocycles. The zero-order valence-corrected chi connectivity index (χ0v) is 16.0. The van der Waals surface area contributed by atoms with Gasteiger partial charge >= 0.3 is 5.12 Å². The van der Waals surface area contributed by atoms with E-state index in [0.717, 1.165) is 0 Å². The second kappa shape index (κ2) is 5.84. The highest BCUT2D eigenvalue weighted by molar-refractivity contribution is 8.84. The highest BCUT2D eigenvalue weighted by Gasteiger charge is 2.53. The molecule has 1 N–H and O–H groups in total. The van der Waals surface area contributed by atoms with Gasteiger partial charge in [0.15, 0.2) is 0 Å². The molecular weight excluding hydrogens is 330 g/mol. The number of anilines is 1. The molecule has 1 saturated heterocycles. The van der Waals surface area contributed by atoms with Gasteiger partial charge < -0.3 is 5.32 Å². The molecule has 2 heterocycles. The molecule has 0 spiro atoms.